The summed E-state index contributed by atoms with van der Waals surface area (Å²) in [5.41, 5.74) is 5.23. The van der Waals surface area contributed by atoms with Gasteiger partial charge in [0.05, 0.1) is 13.2 Å². The van der Waals surface area contributed by atoms with E-state index in [4.69, 9.17) is 19.7 Å². The van der Waals surface area contributed by atoms with Gasteiger partial charge in [-0.25, -0.2) is 4.57 Å². The molecular weight excluding hydrogens is 425 g/mol. The maximum absolute atomic E-state index is 12.1. The third-order valence-corrected chi connectivity index (χ3v) is 5.45. The van der Waals surface area contributed by atoms with Gasteiger partial charge in [-0.1, -0.05) is 65.2 Å². The Hall–Kier alpha value is -0.990. The fourth-order valence-electron chi connectivity index (χ4n) is 2.79. The molecule has 0 aliphatic rings. The topological polar surface area (TPSA) is 134 Å². The van der Waals surface area contributed by atoms with Crippen molar-refractivity contribution in [1.29, 1.82) is 0 Å². The van der Waals surface area contributed by atoms with E-state index in [-0.39, 0.29) is 32.6 Å². The van der Waals surface area contributed by atoms with Gasteiger partial charge in [0.15, 0.2) is 6.10 Å². The second kappa shape index (κ2) is 19.7. The third-order valence-electron chi connectivity index (χ3n) is 4.46. The number of hydrogen-bond acceptors (Lipinski definition) is 8. The lowest BCUT2D eigenvalue weighted by Crippen LogP contribution is -2.29. The highest BCUT2D eigenvalue weighted by Gasteiger charge is 2.25. The molecule has 0 heterocycles. The lowest BCUT2D eigenvalue weighted by Gasteiger charge is -2.19. The van der Waals surface area contributed by atoms with Gasteiger partial charge in [-0.3, -0.25) is 18.6 Å². The molecule has 0 bridgehead atoms. The molecule has 0 aromatic rings. The monoisotopic (exact) mass is 467 g/mol. The molecule has 0 saturated heterocycles. The van der Waals surface area contributed by atoms with E-state index < -0.39 is 32.5 Å². The fourth-order valence-corrected chi connectivity index (χ4v) is 3.55. The van der Waals surface area contributed by atoms with Gasteiger partial charge in [-0.15, -0.1) is 0 Å². The van der Waals surface area contributed by atoms with E-state index in [0.29, 0.717) is 12.8 Å². The average molecular weight is 468 g/mol. The molecule has 0 aromatic heterocycles. The van der Waals surface area contributed by atoms with Crippen LogP contribution in [0.4, 0.5) is 0 Å². The molecule has 0 amide bonds. The number of phosphoric ester groups is 1. The fraction of sp³-hybridized carbons (Fsp3) is 0.905. The Kier molecular flexibility index (Phi) is 19.0. The van der Waals surface area contributed by atoms with Crippen LogP contribution in [0.3, 0.4) is 0 Å². The summed E-state index contributed by atoms with van der Waals surface area (Å²) in [6, 6.07) is 0. The normalized spacial score (nSPS) is 14.1. The van der Waals surface area contributed by atoms with Crippen molar-refractivity contribution in [1.82, 2.24) is 0 Å². The Balaban J connectivity index is 4.29. The van der Waals surface area contributed by atoms with Gasteiger partial charge in [-0.05, 0) is 12.8 Å². The molecule has 1 unspecified atom stereocenters. The zero-order chi connectivity index (χ0) is 23.4. The first-order chi connectivity index (χ1) is 14.8. The number of esters is 2. The van der Waals surface area contributed by atoms with Crippen molar-refractivity contribution in [2.45, 2.75) is 97.0 Å². The first-order valence-corrected chi connectivity index (χ1v) is 13.0. The van der Waals surface area contributed by atoms with Gasteiger partial charge >= 0.3 is 19.8 Å². The second-order valence-corrected chi connectivity index (χ2v) is 8.96. The van der Waals surface area contributed by atoms with E-state index in [1.165, 1.54) is 32.1 Å². The Labute approximate surface area is 186 Å². The highest BCUT2D eigenvalue weighted by molar-refractivity contribution is 7.47. The predicted octanol–water partition coefficient (Wildman–Crippen LogP) is 4.25. The van der Waals surface area contributed by atoms with Crippen molar-refractivity contribution >= 4 is 19.8 Å². The summed E-state index contributed by atoms with van der Waals surface area (Å²) in [5.74, 6) is -0.896. The Bertz CT molecular complexity index is 518. The molecular formula is C21H42NO8P. The standard InChI is InChI=1S/C21H42NO8P/c1-3-5-6-7-8-9-10-11-12-14-21(24)30-19(17-27-20(23)13-4-2)18-29-31(25,26)28-16-15-22/h19H,3-18,22H2,1-2H3,(H,25,26)/t19-/m1/s1. The molecule has 0 aliphatic heterocycles. The minimum absolute atomic E-state index is 0.0553. The van der Waals surface area contributed by atoms with Crippen LogP contribution in [0.1, 0.15) is 90.9 Å². The molecule has 10 heteroatoms. The Morgan fingerprint density at radius 2 is 1.45 bits per heavy atom. The van der Waals surface area contributed by atoms with Crippen molar-refractivity contribution in [2.75, 3.05) is 26.4 Å². The number of ether oxygens (including phenoxy) is 2. The lowest BCUT2D eigenvalue weighted by atomic mass is 10.1. The summed E-state index contributed by atoms with van der Waals surface area (Å²) in [5, 5.41) is 0. The number of carbonyl (C=O) groups is 2. The van der Waals surface area contributed by atoms with Crippen LogP contribution < -0.4 is 5.73 Å². The van der Waals surface area contributed by atoms with Crippen LogP contribution >= 0.6 is 7.82 Å². The smallest absolute Gasteiger partial charge is 0.462 e. The molecule has 0 radical (unpaired) electrons. The number of carbonyl (C=O) groups excluding carboxylic acids is 2. The lowest BCUT2D eigenvalue weighted by molar-refractivity contribution is -0.161. The number of hydrogen-bond donors (Lipinski definition) is 2. The molecule has 9 nitrogen and oxygen atoms in total. The summed E-state index contributed by atoms with van der Waals surface area (Å²) in [7, 11) is -4.32. The van der Waals surface area contributed by atoms with Gasteiger partial charge in [0.25, 0.3) is 0 Å². The van der Waals surface area contributed by atoms with Crippen molar-refractivity contribution in [3.05, 3.63) is 0 Å². The molecule has 3 N–H and O–H groups in total. The van der Waals surface area contributed by atoms with Crippen molar-refractivity contribution in [3.8, 4) is 0 Å². The van der Waals surface area contributed by atoms with Crippen LogP contribution in [0.25, 0.3) is 0 Å². The molecule has 0 saturated carbocycles. The summed E-state index contributed by atoms with van der Waals surface area (Å²) >= 11 is 0. The van der Waals surface area contributed by atoms with Crippen molar-refractivity contribution < 1.29 is 37.6 Å². The average Bonchev–Trinajstić information content (AvgIpc) is 2.73. The molecule has 0 aromatic carbocycles. The van der Waals surface area contributed by atoms with Gasteiger partial charge in [0, 0.05) is 19.4 Å². The highest BCUT2D eigenvalue weighted by atomic mass is 31.2. The molecule has 0 fully saturated rings. The predicted molar refractivity (Wildman–Crippen MR) is 118 cm³/mol. The number of nitrogens with two attached hydrogens (primary N) is 1. The van der Waals surface area contributed by atoms with Gasteiger partial charge in [-0.2, -0.15) is 0 Å². The highest BCUT2D eigenvalue weighted by Crippen LogP contribution is 2.43. The number of rotatable bonds is 21. The zero-order valence-electron chi connectivity index (χ0n) is 19.2. The SMILES string of the molecule is CCCCCCCCCCCC(=O)O[C@H](COC(=O)CCC)COP(=O)(O)OCCN. The molecule has 0 aliphatic carbocycles. The quantitative estimate of drug-likeness (QED) is 0.144. The minimum Gasteiger partial charge on any atom is -0.462 e. The third kappa shape index (κ3) is 19.4. The minimum atomic E-state index is -4.32. The molecule has 0 rings (SSSR count). The maximum Gasteiger partial charge on any atom is 0.472 e. The molecule has 184 valence electrons. The molecule has 31 heavy (non-hydrogen) atoms. The van der Waals surface area contributed by atoms with Crippen molar-refractivity contribution in [3.63, 3.8) is 0 Å². The van der Waals surface area contributed by atoms with Crippen molar-refractivity contribution in [2.24, 2.45) is 5.73 Å². The van der Waals surface area contributed by atoms with Crippen LogP contribution in [0, 0.1) is 0 Å². The van der Waals surface area contributed by atoms with E-state index in [9.17, 15) is 19.0 Å². The summed E-state index contributed by atoms with van der Waals surface area (Å²) in [4.78, 5) is 33.3. The van der Waals surface area contributed by atoms with Gasteiger partial charge in [0.2, 0.25) is 0 Å². The van der Waals surface area contributed by atoms with E-state index in [2.05, 4.69) is 11.4 Å². The number of phosphoric acid groups is 1. The van der Waals surface area contributed by atoms with Crippen LogP contribution in [0.5, 0.6) is 0 Å². The number of unbranched alkanes of at least 4 members (excludes halogenated alkanes) is 8. The largest absolute Gasteiger partial charge is 0.472 e. The van der Waals surface area contributed by atoms with E-state index in [0.717, 1.165) is 19.3 Å². The summed E-state index contributed by atoms with van der Waals surface area (Å²) < 4.78 is 31.6. The molecule has 2 atom stereocenters. The van der Waals surface area contributed by atoms with Crippen LogP contribution in [0.15, 0.2) is 0 Å². The first-order valence-electron chi connectivity index (χ1n) is 11.5. The summed E-state index contributed by atoms with van der Waals surface area (Å²) in [6.07, 6.45) is 10.3. The van der Waals surface area contributed by atoms with Gasteiger partial charge in [0.1, 0.15) is 6.61 Å². The second-order valence-electron chi connectivity index (χ2n) is 7.51. The van der Waals surface area contributed by atoms with Gasteiger partial charge < -0.3 is 20.1 Å². The Morgan fingerprint density at radius 1 is 0.839 bits per heavy atom. The van der Waals surface area contributed by atoms with E-state index in [1.54, 1.807) is 0 Å². The summed E-state index contributed by atoms with van der Waals surface area (Å²) in [6.45, 7) is 3.26. The van der Waals surface area contributed by atoms with Crippen LogP contribution in [-0.4, -0.2) is 49.3 Å². The van der Waals surface area contributed by atoms with E-state index >= 15 is 0 Å². The zero-order valence-corrected chi connectivity index (χ0v) is 20.1. The van der Waals surface area contributed by atoms with E-state index in [1.807, 2.05) is 6.92 Å². The van der Waals surface area contributed by atoms with Crippen LogP contribution in [-0.2, 0) is 32.7 Å². The molecule has 0 spiro atoms. The first kappa shape index (κ1) is 30.0. The van der Waals surface area contributed by atoms with Crippen LogP contribution in [0.2, 0.25) is 0 Å². The Morgan fingerprint density at radius 3 is 2.03 bits per heavy atom. The maximum atomic E-state index is 12.1.